The summed E-state index contributed by atoms with van der Waals surface area (Å²) in [6, 6.07) is 12.5. The summed E-state index contributed by atoms with van der Waals surface area (Å²) in [6.45, 7) is 3.95. The van der Waals surface area contributed by atoms with E-state index < -0.39 is 0 Å². The third-order valence-corrected chi connectivity index (χ3v) is 4.14. The van der Waals surface area contributed by atoms with Crippen LogP contribution in [0.3, 0.4) is 0 Å². The fraction of sp³-hybridized carbons (Fsp3) is 0.294. The van der Waals surface area contributed by atoms with Crippen molar-refractivity contribution in [2.24, 2.45) is 0 Å². The highest BCUT2D eigenvalue weighted by Crippen LogP contribution is 2.21. The van der Waals surface area contributed by atoms with E-state index in [1.54, 1.807) is 6.26 Å². The van der Waals surface area contributed by atoms with Crippen LogP contribution in [0.15, 0.2) is 53.4 Å². The molecular weight excluding hydrogens is 276 g/mol. The Labute approximate surface area is 129 Å². The van der Waals surface area contributed by atoms with Gasteiger partial charge in [-0.2, -0.15) is 0 Å². The molecule has 1 aromatic carbocycles. The van der Waals surface area contributed by atoms with Crippen molar-refractivity contribution in [1.82, 2.24) is 19.7 Å². The average molecular weight is 294 g/mol. The van der Waals surface area contributed by atoms with E-state index in [4.69, 9.17) is 4.42 Å². The average Bonchev–Trinajstić information content (AvgIpc) is 3.19. The van der Waals surface area contributed by atoms with Gasteiger partial charge in [-0.15, -0.1) is 10.2 Å². The Bertz CT molecular complexity index is 725. The highest BCUT2D eigenvalue weighted by Gasteiger charge is 2.15. The van der Waals surface area contributed by atoms with Gasteiger partial charge < -0.3 is 8.98 Å². The van der Waals surface area contributed by atoms with Gasteiger partial charge in [0.15, 0.2) is 0 Å². The first-order chi connectivity index (χ1) is 10.9. The van der Waals surface area contributed by atoms with Crippen LogP contribution in [0.2, 0.25) is 0 Å². The largest absolute Gasteiger partial charge is 0.464 e. The van der Waals surface area contributed by atoms with Crippen molar-refractivity contribution in [3.8, 4) is 11.3 Å². The van der Waals surface area contributed by atoms with Crippen molar-refractivity contribution in [3.05, 3.63) is 60.4 Å². The zero-order valence-electron chi connectivity index (χ0n) is 12.4. The van der Waals surface area contributed by atoms with Gasteiger partial charge in [0.25, 0.3) is 0 Å². The predicted octanol–water partition coefficient (Wildman–Crippen LogP) is 2.60. The number of benzene rings is 1. The predicted molar refractivity (Wildman–Crippen MR) is 83.1 cm³/mol. The Kier molecular flexibility index (Phi) is 3.48. The van der Waals surface area contributed by atoms with Crippen molar-refractivity contribution < 1.29 is 4.42 Å². The lowest BCUT2D eigenvalue weighted by atomic mass is 10.1. The number of nitrogens with zero attached hydrogens (tertiary/aromatic N) is 4. The molecular formula is C17H18N4O. The molecule has 112 valence electrons. The molecule has 0 saturated heterocycles. The Hall–Kier alpha value is -2.40. The molecule has 1 aliphatic heterocycles. The Balaban J connectivity index is 1.47. The third-order valence-electron chi connectivity index (χ3n) is 4.14. The maximum Gasteiger partial charge on any atom is 0.134 e. The number of furan rings is 1. The summed E-state index contributed by atoms with van der Waals surface area (Å²) < 4.78 is 7.64. The molecule has 0 amide bonds. The van der Waals surface area contributed by atoms with Crippen LogP contribution in [0, 0.1) is 0 Å². The first-order valence-corrected chi connectivity index (χ1v) is 7.60. The van der Waals surface area contributed by atoms with E-state index in [0.717, 1.165) is 49.7 Å². The van der Waals surface area contributed by atoms with Gasteiger partial charge in [-0.1, -0.05) is 18.2 Å². The molecule has 0 bridgehead atoms. The molecule has 0 spiro atoms. The molecule has 22 heavy (non-hydrogen) atoms. The van der Waals surface area contributed by atoms with Crippen LogP contribution in [0.1, 0.15) is 11.4 Å². The molecule has 2 aromatic heterocycles. The maximum atomic E-state index is 5.48. The van der Waals surface area contributed by atoms with Crippen LogP contribution in [0.5, 0.6) is 0 Å². The van der Waals surface area contributed by atoms with E-state index in [1.165, 1.54) is 5.56 Å². The molecule has 5 nitrogen and oxygen atoms in total. The normalized spacial score (nSPS) is 15.5. The van der Waals surface area contributed by atoms with E-state index in [2.05, 4.69) is 43.9 Å². The maximum absolute atomic E-state index is 5.48. The smallest absolute Gasteiger partial charge is 0.134 e. The van der Waals surface area contributed by atoms with Crippen molar-refractivity contribution in [2.45, 2.75) is 19.5 Å². The standard InChI is InChI=1S/C17H18N4O/c1-3-14(11-15(4-1)16-5-2-10-22-16)12-20-7-6-17-19-18-13-21(17)9-8-20/h1-5,10-11,13H,6-9,12H2. The van der Waals surface area contributed by atoms with Crippen molar-refractivity contribution >= 4 is 0 Å². The van der Waals surface area contributed by atoms with Crippen LogP contribution >= 0.6 is 0 Å². The highest BCUT2D eigenvalue weighted by atomic mass is 16.3. The van der Waals surface area contributed by atoms with Crippen LogP contribution in [0.4, 0.5) is 0 Å². The van der Waals surface area contributed by atoms with Crippen molar-refractivity contribution in [2.75, 3.05) is 13.1 Å². The second-order valence-corrected chi connectivity index (χ2v) is 5.64. The molecule has 4 rings (SSSR count). The Morgan fingerprint density at radius 3 is 3.00 bits per heavy atom. The van der Waals surface area contributed by atoms with Gasteiger partial charge in [0.2, 0.25) is 0 Å². The summed E-state index contributed by atoms with van der Waals surface area (Å²) in [5, 5.41) is 8.16. The molecule has 1 aliphatic rings. The number of rotatable bonds is 3. The van der Waals surface area contributed by atoms with Crippen molar-refractivity contribution in [1.29, 1.82) is 0 Å². The summed E-state index contributed by atoms with van der Waals surface area (Å²) in [7, 11) is 0. The molecule has 5 heteroatoms. The summed E-state index contributed by atoms with van der Waals surface area (Å²) in [5.74, 6) is 2.01. The quantitative estimate of drug-likeness (QED) is 0.745. The summed E-state index contributed by atoms with van der Waals surface area (Å²) in [4.78, 5) is 2.47. The van der Waals surface area contributed by atoms with Crippen LogP contribution in [-0.4, -0.2) is 32.8 Å². The van der Waals surface area contributed by atoms with Gasteiger partial charge in [0.1, 0.15) is 17.9 Å². The first kappa shape index (κ1) is 13.3. The molecule has 0 unspecified atom stereocenters. The van der Waals surface area contributed by atoms with Gasteiger partial charge in [0, 0.05) is 38.2 Å². The van der Waals surface area contributed by atoms with E-state index in [1.807, 2.05) is 18.5 Å². The van der Waals surface area contributed by atoms with Gasteiger partial charge in [-0.05, 0) is 23.8 Å². The SMILES string of the molecule is c1cc(CN2CCc3nncn3CC2)cc(-c2ccco2)c1. The summed E-state index contributed by atoms with van der Waals surface area (Å²) in [5.41, 5.74) is 2.45. The molecule has 0 atom stereocenters. The van der Waals surface area contributed by atoms with Crippen molar-refractivity contribution in [3.63, 3.8) is 0 Å². The van der Waals surface area contributed by atoms with Crippen LogP contribution in [0.25, 0.3) is 11.3 Å². The lowest BCUT2D eigenvalue weighted by Gasteiger charge is -2.19. The number of hydrogen-bond donors (Lipinski definition) is 0. The molecule has 3 heterocycles. The molecule has 0 N–H and O–H groups in total. The fourth-order valence-electron chi connectivity index (χ4n) is 2.96. The zero-order valence-corrected chi connectivity index (χ0v) is 12.4. The van der Waals surface area contributed by atoms with E-state index in [9.17, 15) is 0 Å². The fourth-order valence-corrected chi connectivity index (χ4v) is 2.96. The first-order valence-electron chi connectivity index (χ1n) is 7.60. The van der Waals surface area contributed by atoms with Gasteiger partial charge in [0.05, 0.1) is 6.26 Å². The molecule has 0 radical (unpaired) electrons. The van der Waals surface area contributed by atoms with E-state index in [0.29, 0.717) is 0 Å². The van der Waals surface area contributed by atoms with Gasteiger partial charge >= 0.3 is 0 Å². The van der Waals surface area contributed by atoms with Crippen LogP contribution in [-0.2, 0) is 19.5 Å². The second kappa shape index (κ2) is 5.77. The van der Waals surface area contributed by atoms with E-state index in [-0.39, 0.29) is 0 Å². The van der Waals surface area contributed by atoms with Gasteiger partial charge in [-0.3, -0.25) is 4.90 Å². The van der Waals surface area contributed by atoms with Crippen LogP contribution < -0.4 is 0 Å². The minimum Gasteiger partial charge on any atom is -0.464 e. The number of hydrogen-bond acceptors (Lipinski definition) is 4. The second-order valence-electron chi connectivity index (χ2n) is 5.64. The van der Waals surface area contributed by atoms with E-state index >= 15 is 0 Å². The lowest BCUT2D eigenvalue weighted by Crippen LogP contribution is -2.26. The Morgan fingerprint density at radius 1 is 1.09 bits per heavy atom. The minimum atomic E-state index is 0.920. The topological polar surface area (TPSA) is 47.1 Å². The lowest BCUT2D eigenvalue weighted by molar-refractivity contribution is 0.271. The van der Waals surface area contributed by atoms with Gasteiger partial charge in [-0.25, -0.2) is 0 Å². The molecule has 0 fully saturated rings. The molecule has 3 aromatic rings. The zero-order chi connectivity index (χ0) is 14.8. The number of fused-ring (bicyclic) bond motifs is 1. The summed E-state index contributed by atoms with van der Waals surface area (Å²) >= 11 is 0. The third kappa shape index (κ3) is 2.67. The highest BCUT2D eigenvalue weighted by molar-refractivity contribution is 5.58. The summed E-state index contributed by atoms with van der Waals surface area (Å²) in [6.07, 6.45) is 4.50. The molecule has 0 aliphatic carbocycles. The molecule has 0 saturated carbocycles. The minimum absolute atomic E-state index is 0.920. The monoisotopic (exact) mass is 294 g/mol. The Morgan fingerprint density at radius 2 is 2.09 bits per heavy atom. The number of aromatic nitrogens is 3.